The number of aryl methyl sites for hydroxylation is 3. The van der Waals surface area contributed by atoms with E-state index in [4.69, 9.17) is 4.74 Å². The molecule has 7 heteroatoms. The Balaban J connectivity index is 2.49. The molecule has 0 spiro atoms. The van der Waals surface area contributed by atoms with Crippen molar-refractivity contribution in [2.75, 3.05) is 0 Å². The second kappa shape index (κ2) is 8.59. The predicted octanol–water partition coefficient (Wildman–Crippen LogP) is 5.00. The Hall–Kier alpha value is -2.31. The first-order valence-electron chi connectivity index (χ1n) is 9.74. The molecule has 1 amide bonds. The minimum atomic E-state index is -4.31. The molecule has 0 fully saturated rings. The SMILES string of the molecule is Cc1cc(C)c(C2=C(OC(=O)C(C)C)C(CCC(C)C(F)(F)F)NC2=O)c(C)c1. The summed E-state index contributed by atoms with van der Waals surface area (Å²) in [6, 6.07) is 3.07. The van der Waals surface area contributed by atoms with Gasteiger partial charge in [-0.25, -0.2) is 0 Å². The standard InChI is InChI=1S/C22H28F3NO3/c1-11(2)21(28)29-19-16(8-7-15(6)22(23,24)25)26-20(27)18(19)17-13(4)9-12(3)10-14(17)5/h9-11,15-16H,7-8H2,1-6H3,(H,26,27). The Morgan fingerprint density at radius 3 is 2.17 bits per heavy atom. The maximum absolute atomic E-state index is 12.9. The summed E-state index contributed by atoms with van der Waals surface area (Å²) in [5, 5.41) is 2.72. The molecule has 4 nitrogen and oxygen atoms in total. The maximum atomic E-state index is 12.9. The van der Waals surface area contributed by atoms with Crippen molar-refractivity contribution in [1.82, 2.24) is 5.32 Å². The van der Waals surface area contributed by atoms with Crippen LogP contribution in [-0.4, -0.2) is 24.1 Å². The predicted molar refractivity (Wildman–Crippen MR) is 105 cm³/mol. The smallest absolute Gasteiger partial charge is 0.391 e. The topological polar surface area (TPSA) is 55.4 Å². The van der Waals surface area contributed by atoms with Crippen LogP contribution in [0.2, 0.25) is 0 Å². The van der Waals surface area contributed by atoms with Gasteiger partial charge in [-0.3, -0.25) is 9.59 Å². The zero-order valence-corrected chi connectivity index (χ0v) is 17.7. The number of carbonyl (C=O) groups is 2. The first-order chi connectivity index (χ1) is 13.3. The van der Waals surface area contributed by atoms with Crippen molar-refractivity contribution in [2.24, 2.45) is 11.8 Å². The summed E-state index contributed by atoms with van der Waals surface area (Å²) in [4.78, 5) is 25.1. The first kappa shape index (κ1) is 23.0. The van der Waals surface area contributed by atoms with Gasteiger partial charge in [0.2, 0.25) is 0 Å². The van der Waals surface area contributed by atoms with Gasteiger partial charge in [-0.05, 0) is 50.3 Å². The van der Waals surface area contributed by atoms with E-state index in [0.717, 1.165) is 23.6 Å². The van der Waals surface area contributed by atoms with E-state index in [9.17, 15) is 22.8 Å². The van der Waals surface area contributed by atoms with Gasteiger partial charge >= 0.3 is 12.1 Å². The average molecular weight is 411 g/mol. The van der Waals surface area contributed by atoms with Gasteiger partial charge in [0.15, 0.2) is 0 Å². The van der Waals surface area contributed by atoms with E-state index in [-0.39, 0.29) is 24.2 Å². The number of carbonyl (C=O) groups excluding carboxylic acids is 2. The normalized spacial score (nSPS) is 18.3. The minimum absolute atomic E-state index is 0.0284. The Morgan fingerprint density at radius 1 is 1.14 bits per heavy atom. The van der Waals surface area contributed by atoms with Crippen LogP contribution in [0.3, 0.4) is 0 Å². The van der Waals surface area contributed by atoms with Crippen molar-refractivity contribution in [3.63, 3.8) is 0 Å². The largest absolute Gasteiger partial charge is 0.428 e. The molecule has 160 valence electrons. The maximum Gasteiger partial charge on any atom is 0.391 e. The van der Waals surface area contributed by atoms with Gasteiger partial charge in [0.1, 0.15) is 5.76 Å². The van der Waals surface area contributed by atoms with Crippen molar-refractivity contribution in [2.45, 2.75) is 66.6 Å². The molecule has 0 saturated carbocycles. The average Bonchev–Trinajstić information content (AvgIpc) is 2.86. The molecular formula is C22H28F3NO3. The number of benzene rings is 1. The number of ether oxygens (including phenoxy) is 1. The fourth-order valence-electron chi connectivity index (χ4n) is 3.53. The summed E-state index contributed by atoms with van der Waals surface area (Å²) in [5.41, 5.74) is 3.61. The molecule has 1 N–H and O–H groups in total. The molecule has 2 rings (SSSR count). The van der Waals surface area contributed by atoms with E-state index in [0.29, 0.717) is 5.56 Å². The molecule has 1 aromatic rings. The molecule has 0 radical (unpaired) electrons. The number of esters is 1. The highest BCUT2D eigenvalue weighted by Gasteiger charge is 2.40. The number of hydrogen-bond donors (Lipinski definition) is 1. The fourth-order valence-corrected chi connectivity index (χ4v) is 3.53. The number of hydrogen-bond acceptors (Lipinski definition) is 3. The first-order valence-corrected chi connectivity index (χ1v) is 9.74. The number of nitrogens with one attached hydrogen (secondary N) is 1. The van der Waals surface area contributed by atoms with E-state index in [2.05, 4.69) is 5.32 Å². The quantitative estimate of drug-likeness (QED) is 0.671. The number of amides is 1. The van der Waals surface area contributed by atoms with Crippen LogP contribution >= 0.6 is 0 Å². The van der Waals surface area contributed by atoms with Gasteiger partial charge in [0.05, 0.1) is 23.5 Å². The second-order valence-electron chi connectivity index (χ2n) is 8.13. The highest BCUT2D eigenvalue weighted by Crippen LogP contribution is 2.36. The third-order valence-corrected chi connectivity index (χ3v) is 5.15. The summed E-state index contributed by atoms with van der Waals surface area (Å²) < 4.78 is 44.3. The third-order valence-electron chi connectivity index (χ3n) is 5.15. The van der Waals surface area contributed by atoms with Crippen LogP contribution < -0.4 is 5.32 Å². The lowest BCUT2D eigenvalue weighted by Crippen LogP contribution is -2.32. The molecule has 0 saturated heterocycles. The molecule has 2 unspecified atom stereocenters. The Kier molecular flexibility index (Phi) is 6.81. The lowest BCUT2D eigenvalue weighted by molar-refractivity contribution is -0.171. The van der Waals surface area contributed by atoms with Gasteiger partial charge in [0, 0.05) is 0 Å². The van der Waals surface area contributed by atoms with Crippen molar-refractivity contribution >= 4 is 17.4 Å². The molecule has 0 aromatic heterocycles. The molecule has 1 heterocycles. The van der Waals surface area contributed by atoms with Gasteiger partial charge in [-0.15, -0.1) is 0 Å². The number of alkyl halides is 3. The van der Waals surface area contributed by atoms with Crippen LogP contribution in [0, 0.1) is 32.6 Å². The van der Waals surface area contributed by atoms with Gasteiger partial charge in [0.25, 0.3) is 5.91 Å². The van der Waals surface area contributed by atoms with Crippen LogP contribution in [0.1, 0.15) is 55.9 Å². The van der Waals surface area contributed by atoms with Crippen LogP contribution in [0.4, 0.5) is 13.2 Å². The lowest BCUT2D eigenvalue weighted by Gasteiger charge is -2.20. The van der Waals surface area contributed by atoms with E-state index in [1.165, 1.54) is 0 Å². The summed E-state index contributed by atoms with van der Waals surface area (Å²) in [5.74, 6) is -2.79. The molecule has 2 atom stereocenters. The van der Waals surface area contributed by atoms with Crippen LogP contribution in [0.5, 0.6) is 0 Å². The number of rotatable bonds is 6. The van der Waals surface area contributed by atoms with E-state index in [1.807, 2.05) is 32.9 Å². The van der Waals surface area contributed by atoms with Gasteiger partial charge < -0.3 is 10.1 Å². The monoisotopic (exact) mass is 411 g/mol. The van der Waals surface area contributed by atoms with Gasteiger partial charge in [-0.1, -0.05) is 38.5 Å². The van der Waals surface area contributed by atoms with Crippen LogP contribution in [0.25, 0.3) is 5.57 Å². The van der Waals surface area contributed by atoms with Crippen LogP contribution in [0.15, 0.2) is 17.9 Å². The summed E-state index contributed by atoms with van der Waals surface area (Å²) in [6.07, 6.45) is -4.47. The molecule has 1 aliphatic heterocycles. The van der Waals surface area contributed by atoms with Gasteiger partial charge in [-0.2, -0.15) is 13.2 Å². The molecular weight excluding hydrogens is 383 g/mol. The zero-order chi connectivity index (χ0) is 22.1. The molecule has 29 heavy (non-hydrogen) atoms. The minimum Gasteiger partial charge on any atom is -0.428 e. The van der Waals surface area contributed by atoms with Crippen molar-refractivity contribution in [3.05, 3.63) is 40.1 Å². The molecule has 1 aliphatic rings. The molecule has 0 aliphatic carbocycles. The van der Waals surface area contributed by atoms with Crippen molar-refractivity contribution in [1.29, 1.82) is 0 Å². The summed E-state index contributed by atoms with van der Waals surface area (Å²) >= 11 is 0. The zero-order valence-electron chi connectivity index (χ0n) is 17.7. The molecule has 0 bridgehead atoms. The number of halogens is 3. The molecule has 1 aromatic carbocycles. The fraction of sp³-hybridized carbons (Fsp3) is 0.545. The van der Waals surface area contributed by atoms with E-state index in [1.54, 1.807) is 13.8 Å². The van der Waals surface area contributed by atoms with Crippen LogP contribution in [-0.2, 0) is 14.3 Å². The Morgan fingerprint density at radius 2 is 1.69 bits per heavy atom. The Labute approximate surface area is 169 Å². The van der Waals surface area contributed by atoms with E-state index >= 15 is 0 Å². The summed E-state index contributed by atoms with van der Waals surface area (Å²) in [6.45, 7) is 10.1. The third kappa shape index (κ3) is 5.19. The Bertz CT molecular complexity index is 817. The summed E-state index contributed by atoms with van der Waals surface area (Å²) in [7, 11) is 0. The highest BCUT2D eigenvalue weighted by molar-refractivity contribution is 6.23. The van der Waals surface area contributed by atoms with Crippen molar-refractivity contribution in [3.8, 4) is 0 Å². The lowest BCUT2D eigenvalue weighted by atomic mass is 9.92. The highest BCUT2D eigenvalue weighted by atomic mass is 19.4. The second-order valence-corrected chi connectivity index (χ2v) is 8.13. The van der Waals surface area contributed by atoms with Crippen molar-refractivity contribution < 1.29 is 27.5 Å². The van der Waals surface area contributed by atoms with E-state index < -0.39 is 35.9 Å².